The van der Waals surface area contributed by atoms with E-state index in [1.54, 1.807) is 12.1 Å². The van der Waals surface area contributed by atoms with E-state index in [0.717, 1.165) is 5.56 Å². The molecule has 0 amide bonds. The molecule has 6 N–H and O–H groups in total. The van der Waals surface area contributed by atoms with Gasteiger partial charge in [-0.25, -0.2) is 5.84 Å². The topological polar surface area (TPSA) is 95.7 Å². The SMILES string of the molecule is CC(C)c1cc(/C(N)=C/N(N)Cc2ccccc2Cl)c(O)cc1O. The summed E-state index contributed by atoms with van der Waals surface area (Å²) in [6, 6.07) is 10.4. The van der Waals surface area contributed by atoms with Crippen molar-refractivity contribution >= 4 is 17.3 Å². The van der Waals surface area contributed by atoms with E-state index in [0.29, 0.717) is 28.4 Å². The van der Waals surface area contributed by atoms with Crippen molar-refractivity contribution in [2.45, 2.75) is 26.3 Å². The van der Waals surface area contributed by atoms with Crippen LogP contribution in [0.15, 0.2) is 42.6 Å². The van der Waals surface area contributed by atoms with Crippen LogP contribution in [0.3, 0.4) is 0 Å². The van der Waals surface area contributed by atoms with Gasteiger partial charge in [0.1, 0.15) is 11.5 Å². The van der Waals surface area contributed by atoms with E-state index in [2.05, 4.69) is 0 Å². The Morgan fingerprint density at radius 2 is 1.88 bits per heavy atom. The van der Waals surface area contributed by atoms with Gasteiger partial charge in [-0.2, -0.15) is 0 Å². The third-order valence-electron chi connectivity index (χ3n) is 3.69. The highest BCUT2D eigenvalue weighted by Gasteiger charge is 2.13. The van der Waals surface area contributed by atoms with Crippen LogP contribution in [0.4, 0.5) is 0 Å². The molecule has 0 aliphatic carbocycles. The lowest BCUT2D eigenvalue weighted by Crippen LogP contribution is -2.25. The fourth-order valence-electron chi connectivity index (χ4n) is 2.40. The van der Waals surface area contributed by atoms with E-state index in [9.17, 15) is 10.2 Å². The Labute approximate surface area is 146 Å². The number of nitrogens with two attached hydrogens (primary N) is 2. The molecule has 2 aromatic carbocycles. The lowest BCUT2D eigenvalue weighted by molar-refractivity contribution is 0.387. The van der Waals surface area contributed by atoms with Crippen molar-refractivity contribution in [2.24, 2.45) is 11.6 Å². The van der Waals surface area contributed by atoms with Crippen LogP contribution < -0.4 is 11.6 Å². The van der Waals surface area contributed by atoms with E-state index >= 15 is 0 Å². The lowest BCUT2D eigenvalue weighted by atomic mass is 9.98. The Kier molecular flexibility index (Phi) is 5.59. The molecule has 0 heterocycles. The highest BCUT2D eigenvalue weighted by molar-refractivity contribution is 6.31. The van der Waals surface area contributed by atoms with Gasteiger partial charge in [-0.1, -0.05) is 43.6 Å². The highest BCUT2D eigenvalue weighted by Crippen LogP contribution is 2.34. The van der Waals surface area contributed by atoms with Crippen LogP contribution >= 0.6 is 11.6 Å². The maximum Gasteiger partial charge on any atom is 0.128 e. The van der Waals surface area contributed by atoms with Crippen molar-refractivity contribution in [3.05, 3.63) is 64.3 Å². The van der Waals surface area contributed by atoms with Crippen molar-refractivity contribution in [2.75, 3.05) is 0 Å². The molecule has 6 heteroatoms. The van der Waals surface area contributed by atoms with Crippen LogP contribution in [-0.2, 0) is 6.54 Å². The maximum atomic E-state index is 10.1. The Balaban J connectivity index is 2.27. The van der Waals surface area contributed by atoms with Crippen molar-refractivity contribution in [1.82, 2.24) is 5.01 Å². The van der Waals surface area contributed by atoms with Crippen molar-refractivity contribution in [3.63, 3.8) is 0 Å². The third kappa shape index (κ3) is 4.13. The minimum atomic E-state index is -0.100. The van der Waals surface area contributed by atoms with Crippen LogP contribution in [0.25, 0.3) is 5.70 Å². The summed E-state index contributed by atoms with van der Waals surface area (Å²) >= 11 is 6.12. The summed E-state index contributed by atoms with van der Waals surface area (Å²) < 4.78 is 0. The molecule has 0 aliphatic rings. The molecular weight excluding hydrogens is 326 g/mol. The van der Waals surface area contributed by atoms with Crippen LogP contribution in [-0.4, -0.2) is 15.2 Å². The number of benzene rings is 2. The molecule has 2 aromatic rings. The van der Waals surface area contributed by atoms with E-state index in [4.69, 9.17) is 23.2 Å². The van der Waals surface area contributed by atoms with Gasteiger partial charge < -0.3 is 21.0 Å². The van der Waals surface area contributed by atoms with Gasteiger partial charge >= 0.3 is 0 Å². The van der Waals surface area contributed by atoms with Gasteiger partial charge in [0.15, 0.2) is 0 Å². The van der Waals surface area contributed by atoms with E-state index in [-0.39, 0.29) is 17.4 Å². The Hall–Kier alpha value is -2.37. The zero-order valence-electron chi connectivity index (χ0n) is 13.7. The summed E-state index contributed by atoms with van der Waals surface area (Å²) in [7, 11) is 0. The number of hydrazine groups is 1. The second-order valence-corrected chi connectivity index (χ2v) is 6.34. The lowest BCUT2D eigenvalue weighted by Gasteiger charge is -2.17. The first-order valence-corrected chi connectivity index (χ1v) is 7.95. The summed E-state index contributed by atoms with van der Waals surface area (Å²) in [5, 5.41) is 22.0. The quantitative estimate of drug-likeness (QED) is 0.490. The number of hydrogen-bond acceptors (Lipinski definition) is 5. The third-order valence-corrected chi connectivity index (χ3v) is 4.06. The first kappa shape index (κ1) is 18.0. The zero-order chi connectivity index (χ0) is 17.9. The molecule has 5 nitrogen and oxygen atoms in total. The Morgan fingerprint density at radius 1 is 1.21 bits per heavy atom. The van der Waals surface area contributed by atoms with E-state index in [1.165, 1.54) is 17.3 Å². The van der Waals surface area contributed by atoms with Crippen LogP contribution in [0, 0.1) is 0 Å². The largest absolute Gasteiger partial charge is 0.508 e. The molecule has 0 aromatic heterocycles. The molecule has 128 valence electrons. The molecular formula is C18H22ClN3O2. The average molecular weight is 348 g/mol. The van der Waals surface area contributed by atoms with Crippen LogP contribution in [0.1, 0.15) is 36.5 Å². The summed E-state index contributed by atoms with van der Waals surface area (Å²) in [6.45, 7) is 4.26. The minimum absolute atomic E-state index is 0.0414. The number of rotatable bonds is 5. The number of aromatic hydroxyl groups is 2. The summed E-state index contributed by atoms with van der Waals surface area (Å²) in [4.78, 5) is 0. The maximum absolute atomic E-state index is 10.1. The fraction of sp³-hybridized carbons (Fsp3) is 0.222. The molecule has 0 spiro atoms. The van der Waals surface area contributed by atoms with Gasteiger partial charge in [-0.3, -0.25) is 0 Å². The smallest absolute Gasteiger partial charge is 0.128 e. The molecule has 0 bridgehead atoms. The Bertz CT molecular complexity index is 760. The summed E-state index contributed by atoms with van der Waals surface area (Å²) in [5.74, 6) is 6.01. The molecule has 0 atom stereocenters. The van der Waals surface area contributed by atoms with E-state index in [1.807, 2.05) is 32.0 Å². The molecule has 24 heavy (non-hydrogen) atoms. The van der Waals surface area contributed by atoms with Gasteiger partial charge in [-0.05, 0) is 29.2 Å². The fourth-order valence-corrected chi connectivity index (χ4v) is 2.60. The van der Waals surface area contributed by atoms with Crippen molar-refractivity contribution < 1.29 is 10.2 Å². The van der Waals surface area contributed by atoms with Gasteiger partial charge in [0.2, 0.25) is 0 Å². The molecule has 0 saturated heterocycles. The highest BCUT2D eigenvalue weighted by atomic mass is 35.5. The molecule has 0 unspecified atom stereocenters. The van der Waals surface area contributed by atoms with Crippen LogP contribution in [0.5, 0.6) is 11.5 Å². The number of phenols is 2. The molecule has 2 rings (SSSR count). The van der Waals surface area contributed by atoms with Crippen molar-refractivity contribution in [1.29, 1.82) is 0 Å². The second kappa shape index (κ2) is 7.47. The van der Waals surface area contributed by atoms with Gasteiger partial charge in [-0.15, -0.1) is 0 Å². The average Bonchev–Trinajstić information content (AvgIpc) is 2.49. The predicted molar refractivity (Wildman–Crippen MR) is 97.2 cm³/mol. The zero-order valence-corrected chi connectivity index (χ0v) is 14.5. The van der Waals surface area contributed by atoms with Gasteiger partial charge in [0.25, 0.3) is 0 Å². The standard InChI is InChI=1S/C18H22ClN3O2/c1-11(2)13-7-14(18(24)8-17(13)23)16(20)10-22(21)9-12-5-3-4-6-15(12)19/h3-8,10-11,23-24H,9,20-21H2,1-2H3/b16-10-. The van der Waals surface area contributed by atoms with Crippen molar-refractivity contribution in [3.8, 4) is 11.5 Å². The minimum Gasteiger partial charge on any atom is -0.508 e. The monoisotopic (exact) mass is 347 g/mol. The first-order valence-electron chi connectivity index (χ1n) is 7.58. The molecule has 0 fully saturated rings. The molecule has 0 aliphatic heterocycles. The number of nitrogens with zero attached hydrogens (tertiary/aromatic N) is 1. The molecule has 0 radical (unpaired) electrons. The second-order valence-electron chi connectivity index (χ2n) is 5.93. The predicted octanol–water partition coefficient (Wildman–Crippen LogP) is 3.51. The first-order chi connectivity index (χ1) is 11.3. The van der Waals surface area contributed by atoms with Gasteiger partial charge in [0.05, 0.1) is 12.2 Å². The molecule has 0 saturated carbocycles. The summed E-state index contributed by atoms with van der Waals surface area (Å²) in [5.41, 5.74) is 8.36. The Morgan fingerprint density at radius 3 is 2.50 bits per heavy atom. The number of hydrogen-bond donors (Lipinski definition) is 4. The number of phenolic OH excluding ortho intramolecular Hbond substituents is 2. The van der Waals surface area contributed by atoms with E-state index < -0.39 is 0 Å². The van der Waals surface area contributed by atoms with Crippen LogP contribution in [0.2, 0.25) is 5.02 Å². The summed E-state index contributed by atoms with van der Waals surface area (Å²) in [6.07, 6.45) is 1.53. The number of halogens is 1. The normalized spacial score (nSPS) is 11.8. The van der Waals surface area contributed by atoms with Gasteiger partial charge in [0, 0.05) is 22.9 Å².